The molecule has 0 fully saturated rings. The summed E-state index contributed by atoms with van der Waals surface area (Å²) in [4.78, 5) is 11.5. The molecule has 24 heavy (non-hydrogen) atoms. The molecule has 0 bridgehead atoms. The Hall–Kier alpha value is -2.35. The van der Waals surface area contributed by atoms with Gasteiger partial charge in [0.25, 0.3) is 0 Å². The van der Waals surface area contributed by atoms with Gasteiger partial charge in [0.2, 0.25) is 0 Å². The highest BCUT2D eigenvalue weighted by Crippen LogP contribution is 2.26. The average molecular weight is 322 g/mol. The lowest BCUT2D eigenvalue weighted by atomic mass is 9.95. The summed E-state index contributed by atoms with van der Waals surface area (Å²) in [6.07, 6.45) is 9.85. The topological polar surface area (TPSA) is 37.3 Å². The molecule has 126 valence electrons. The Bertz CT molecular complexity index is 696. The third-order valence-electron chi connectivity index (χ3n) is 4.11. The highest BCUT2D eigenvalue weighted by atomic mass is 16.4. The van der Waals surface area contributed by atoms with E-state index in [9.17, 15) is 9.90 Å². The van der Waals surface area contributed by atoms with Crippen LogP contribution in [0.1, 0.15) is 61.0 Å². The number of carbonyl (C=O) groups is 1. The maximum absolute atomic E-state index is 11.5. The van der Waals surface area contributed by atoms with Crippen molar-refractivity contribution in [1.82, 2.24) is 0 Å². The number of allylic oxidation sites excluding steroid dienone is 1. The van der Waals surface area contributed by atoms with Crippen molar-refractivity contribution in [1.29, 1.82) is 0 Å². The Morgan fingerprint density at radius 1 is 1.04 bits per heavy atom. The Morgan fingerprint density at radius 3 is 2.42 bits per heavy atom. The van der Waals surface area contributed by atoms with E-state index < -0.39 is 5.97 Å². The van der Waals surface area contributed by atoms with E-state index in [0.717, 1.165) is 36.0 Å². The molecule has 0 aliphatic carbocycles. The van der Waals surface area contributed by atoms with Gasteiger partial charge in [0.1, 0.15) is 0 Å². The van der Waals surface area contributed by atoms with Gasteiger partial charge in [0, 0.05) is 0 Å². The molecule has 0 heterocycles. The van der Waals surface area contributed by atoms with E-state index in [1.165, 1.54) is 18.4 Å². The van der Waals surface area contributed by atoms with Crippen molar-refractivity contribution < 1.29 is 9.90 Å². The van der Waals surface area contributed by atoms with Crippen LogP contribution in [0.5, 0.6) is 0 Å². The highest BCUT2D eigenvalue weighted by Gasteiger charge is 2.12. The van der Waals surface area contributed by atoms with Crippen molar-refractivity contribution in [3.05, 3.63) is 65.2 Å². The molecule has 0 radical (unpaired) electrons. The molecule has 0 unspecified atom stereocenters. The maximum atomic E-state index is 11.5. The van der Waals surface area contributed by atoms with E-state index in [1.54, 1.807) is 6.07 Å². The molecule has 1 N–H and O–H groups in total. The molecular formula is C22H26O2. The van der Waals surface area contributed by atoms with Gasteiger partial charge >= 0.3 is 5.97 Å². The fraction of sp³-hybridized carbons (Fsp3) is 0.318. The summed E-state index contributed by atoms with van der Waals surface area (Å²) in [5, 5.41) is 9.46. The summed E-state index contributed by atoms with van der Waals surface area (Å²) in [5.74, 6) is -0.878. The van der Waals surface area contributed by atoms with Gasteiger partial charge in [-0.05, 0) is 41.2 Å². The summed E-state index contributed by atoms with van der Waals surface area (Å²) < 4.78 is 0. The third-order valence-corrected chi connectivity index (χ3v) is 4.11. The molecule has 0 saturated heterocycles. The number of carboxylic acid groups (broad SMARTS) is 1. The van der Waals surface area contributed by atoms with Crippen LogP contribution in [0.4, 0.5) is 0 Å². The van der Waals surface area contributed by atoms with Crippen molar-refractivity contribution in [2.45, 2.75) is 46.0 Å². The summed E-state index contributed by atoms with van der Waals surface area (Å²) in [5.41, 5.74) is 4.45. The number of benzene rings is 2. The van der Waals surface area contributed by atoms with E-state index in [0.29, 0.717) is 5.56 Å². The second-order valence-corrected chi connectivity index (χ2v) is 6.10. The monoisotopic (exact) mass is 322 g/mol. The predicted molar refractivity (Wildman–Crippen MR) is 101 cm³/mol. The molecule has 2 heteroatoms. The van der Waals surface area contributed by atoms with E-state index >= 15 is 0 Å². The van der Waals surface area contributed by atoms with Gasteiger partial charge in [0.15, 0.2) is 0 Å². The minimum Gasteiger partial charge on any atom is -0.478 e. The van der Waals surface area contributed by atoms with Crippen molar-refractivity contribution in [3.63, 3.8) is 0 Å². The van der Waals surface area contributed by atoms with Gasteiger partial charge in [0.05, 0.1) is 5.56 Å². The zero-order chi connectivity index (χ0) is 17.4. The number of rotatable bonds is 8. The first-order valence-electron chi connectivity index (χ1n) is 8.79. The maximum Gasteiger partial charge on any atom is 0.336 e. The lowest BCUT2D eigenvalue weighted by Gasteiger charge is -2.09. The van der Waals surface area contributed by atoms with Crippen LogP contribution in [0.3, 0.4) is 0 Å². The third kappa shape index (κ3) is 4.82. The van der Waals surface area contributed by atoms with E-state index in [4.69, 9.17) is 0 Å². The van der Waals surface area contributed by atoms with E-state index in [1.807, 2.05) is 24.3 Å². The standard InChI is InChI=1S/C22H26O2/c1-3-5-6-7-9-17-10-13-19(14-11-17)21-16-18(8-4-2)12-15-20(21)22(23)24/h7,9-16H,3-6,8H2,1-2H3,(H,23,24). The molecule has 2 rings (SSSR count). The Labute approximate surface area is 144 Å². The number of hydrogen-bond acceptors (Lipinski definition) is 1. The largest absolute Gasteiger partial charge is 0.478 e. The van der Waals surface area contributed by atoms with Gasteiger partial charge < -0.3 is 5.11 Å². The van der Waals surface area contributed by atoms with Gasteiger partial charge in [-0.15, -0.1) is 0 Å². The van der Waals surface area contributed by atoms with Gasteiger partial charge in [-0.25, -0.2) is 4.79 Å². The van der Waals surface area contributed by atoms with Crippen LogP contribution in [0.2, 0.25) is 0 Å². The second-order valence-electron chi connectivity index (χ2n) is 6.10. The fourth-order valence-electron chi connectivity index (χ4n) is 2.78. The van der Waals surface area contributed by atoms with Crippen LogP contribution >= 0.6 is 0 Å². The van der Waals surface area contributed by atoms with Crippen molar-refractivity contribution in [3.8, 4) is 11.1 Å². The van der Waals surface area contributed by atoms with Crippen LogP contribution in [0.15, 0.2) is 48.5 Å². The average Bonchev–Trinajstić information content (AvgIpc) is 2.59. The first kappa shape index (κ1) is 18.0. The lowest BCUT2D eigenvalue weighted by Crippen LogP contribution is -2.00. The first-order valence-corrected chi connectivity index (χ1v) is 8.79. The smallest absolute Gasteiger partial charge is 0.336 e. The molecule has 0 aliphatic rings. The van der Waals surface area contributed by atoms with Crippen molar-refractivity contribution >= 4 is 12.0 Å². The molecule has 0 amide bonds. The number of unbranched alkanes of at least 4 members (excludes halogenated alkanes) is 2. The van der Waals surface area contributed by atoms with Crippen LogP contribution in [0, 0.1) is 0 Å². The summed E-state index contributed by atoms with van der Waals surface area (Å²) >= 11 is 0. The van der Waals surface area contributed by atoms with Crippen LogP contribution < -0.4 is 0 Å². The first-order chi connectivity index (χ1) is 11.7. The van der Waals surface area contributed by atoms with Crippen LogP contribution in [-0.2, 0) is 6.42 Å². The predicted octanol–water partition coefficient (Wildman–Crippen LogP) is 6.21. The quantitative estimate of drug-likeness (QED) is 0.587. The van der Waals surface area contributed by atoms with Gasteiger partial charge in [-0.3, -0.25) is 0 Å². The molecule has 0 saturated carbocycles. The lowest BCUT2D eigenvalue weighted by molar-refractivity contribution is 0.0697. The molecular weight excluding hydrogens is 296 g/mol. The second kappa shape index (κ2) is 9.07. The summed E-state index contributed by atoms with van der Waals surface area (Å²) in [6.45, 7) is 4.32. The Balaban J connectivity index is 2.28. The molecule has 0 atom stereocenters. The fourth-order valence-corrected chi connectivity index (χ4v) is 2.78. The minimum absolute atomic E-state index is 0.362. The SMILES string of the molecule is CCCCC=Cc1ccc(-c2cc(CCC)ccc2C(=O)O)cc1. The number of hydrogen-bond donors (Lipinski definition) is 1. The molecule has 2 nitrogen and oxygen atoms in total. The minimum atomic E-state index is -0.878. The number of aryl methyl sites for hydroxylation is 1. The van der Waals surface area contributed by atoms with Crippen LogP contribution in [0.25, 0.3) is 17.2 Å². The van der Waals surface area contributed by atoms with Crippen molar-refractivity contribution in [2.75, 3.05) is 0 Å². The normalized spacial score (nSPS) is 11.1. The zero-order valence-corrected chi connectivity index (χ0v) is 14.6. The summed E-state index contributed by atoms with van der Waals surface area (Å²) in [7, 11) is 0. The van der Waals surface area contributed by atoms with E-state index in [-0.39, 0.29) is 0 Å². The molecule has 0 aliphatic heterocycles. The van der Waals surface area contributed by atoms with E-state index in [2.05, 4.69) is 38.1 Å². The number of carboxylic acids is 1. The van der Waals surface area contributed by atoms with Crippen molar-refractivity contribution in [2.24, 2.45) is 0 Å². The zero-order valence-electron chi connectivity index (χ0n) is 14.6. The Morgan fingerprint density at radius 2 is 1.79 bits per heavy atom. The number of aromatic carboxylic acids is 1. The van der Waals surface area contributed by atoms with Gasteiger partial charge in [-0.2, -0.15) is 0 Å². The highest BCUT2D eigenvalue weighted by molar-refractivity contribution is 5.96. The molecule has 2 aromatic carbocycles. The van der Waals surface area contributed by atoms with Gasteiger partial charge in [-0.1, -0.05) is 81.7 Å². The Kier molecular flexibility index (Phi) is 6.80. The molecule has 0 aromatic heterocycles. The molecule has 2 aromatic rings. The van der Waals surface area contributed by atoms with Crippen LogP contribution in [-0.4, -0.2) is 11.1 Å². The molecule has 0 spiro atoms. The summed E-state index contributed by atoms with van der Waals surface area (Å²) in [6, 6.07) is 13.8.